The number of hydrogen-bond acceptors (Lipinski definition) is 4. The molecule has 5 nitrogen and oxygen atoms in total. The average molecular weight is 225 g/mol. The second-order valence-electron chi connectivity index (χ2n) is 4.31. The third kappa shape index (κ3) is 2.26. The molecule has 1 unspecified atom stereocenters. The van der Waals surface area contributed by atoms with Crippen molar-refractivity contribution < 1.29 is 9.57 Å². The summed E-state index contributed by atoms with van der Waals surface area (Å²) < 4.78 is 7.19. The molecule has 5 heteroatoms. The van der Waals surface area contributed by atoms with Gasteiger partial charge in [-0.15, -0.1) is 0 Å². The van der Waals surface area contributed by atoms with Gasteiger partial charge in [0.1, 0.15) is 6.10 Å². The van der Waals surface area contributed by atoms with Crippen LogP contribution in [0.5, 0.6) is 0 Å². The molecule has 2 rings (SSSR count). The average Bonchev–Trinajstić information content (AvgIpc) is 2.71. The Morgan fingerprint density at radius 1 is 1.56 bits per heavy atom. The van der Waals surface area contributed by atoms with Crippen molar-refractivity contribution in [3.05, 3.63) is 17.5 Å². The summed E-state index contributed by atoms with van der Waals surface area (Å²) in [5.74, 6) is 5.72. The Kier molecular flexibility index (Phi) is 3.58. The lowest BCUT2D eigenvalue weighted by Crippen LogP contribution is -2.17. The summed E-state index contributed by atoms with van der Waals surface area (Å²) in [6.45, 7) is 3.58. The number of nitrogens with two attached hydrogens (primary N) is 1. The van der Waals surface area contributed by atoms with Crippen LogP contribution in [0.1, 0.15) is 43.0 Å². The maximum Gasteiger partial charge on any atom is 0.104 e. The first kappa shape index (κ1) is 11.6. The van der Waals surface area contributed by atoms with E-state index in [1.807, 2.05) is 24.9 Å². The summed E-state index contributed by atoms with van der Waals surface area (Å²) in [4.78, 5) is 4.90. The van der Waals surface area contributed by atoms with E-state index in [0.717, 1.165) is 37.3 Å². The van der Waals surface area contributed by atoms with Crippen molar-refractivity contribution in [1.29, 1.82) is 0 Å². The Hall–Kier alpha value is -0.910. The quantitative estimate of drug-likeness (QED) is 0.787. The fourth-order valence-corrected chi connectivity index (χ4v) is 2.20. The monoisotopic (exact) mass is 225 g/mol. The van der Waals surface area contributed by atoms with E-state index < -0.39 is 0 Å². The van der Waals surface area contributed by atoms with E-state index in [4.69, 9.17) is 15.5 Å². The van der Waals surface area contributed by atoms with Gasteiger partial charge in [-0.05, 0) is 19.8 Å². The molecular weight excluding hydrogens is 206 g/mol. The number of nitrogens with zero attached hydrogens (tertiary/aromatic N) is 2. The van der Waals surface area contributed by atoms with E-state index in [1.54, 1.807) is 0 Å². The highest BCUT2D eigenvalue weighted by molar-refractivity contribution is 5.23. The molecule has 1 atom stereocenters. The van der Waals surface area contributed by atoms with Crippen molar-refractivity contribution in [3.63, 3.8) is 0 Å². The number of hydrogen-bond donors (Lipinski definition) is 1. The van der Waals surface area contributed by atoms with Crippen LogP contribution in [0.2, 0.25) is 0 Å². The zero-order chi connectivity index (χ0) is 11.5. The van der Waals surface area contributed by atoms with Gasteiger partial charge in [0.2, 0.25) is 0 Å². The van der Waals surface area contributed by atoms with Crippen LogP contribution in [0.3, 0.4) is 0 Å². The van der Waals surface area contributed by atoms with Crippen molar-refractivity contribution in [3.8, 4) is 0 Å². The second kappa shape index (κ2) is 4.95. The van der Waals surface area contributed by atoms with Gasteiger partial charge in [0, 0.05) is 37.9 Å². The smallest absolute Gasteiger partial charge is 0.104 e. The molecule has 0 saturated carbocycles. The maximum atomic E-state index is 5.36. The predicted octanol–water partition coefficient (Wildman–Crippen LogP) is 1.27. The Morgan fingerprint density at radius 2 is 2.25 bits per heavy atom. The van der Waals surface area contributed by atoms with E-state index in [9.17, 15) is 0 Å². The Morgan fingerprint density at radius 3 is 2.88 bits per heavy atom. The first-order valence-corrected chi connectivity index (χ1v) is 5.69. The van der Waals surface area contributed by atoms with Crippen LogP contribution < -0.4 is 5.90 Å². The summed E-state index contributed by atoms with van der Waals surface area (Å²) in [5, 5.41) is 4.53. The van der Waals surface area contributed by atoms with Gasteiger partial charge < -0.3 is 4.74 Å². The molecule has 16 heavy (non-hydrogen) atoms. The van der Waals surface area contributed by atoms with E-state index in [2.05, 4.69) is 5.10 Å². The van der Waals surface area contributed by atoms with Crippen LogP contribution >= 0.6 is 0 Å². The third-order valence-corrected chi connectivity index (χ3v) is 3.14. The second-order valence-corrected chi connectivity index (χ2v) is 4.31. The van der Waals surface area contributed by atoms with Gasteiger partial charge in [0.15, 0.2) is 0 Å². The molecule has 1 aliphatic heterocycles. The van der Waals surface area contributed by atoms with Crippen LogP contribution in [-0.4, -0.2) is 23.0 Å². The minimum Gasteiger partial charge on any atom is -0.381 e. The fourth-order valence-electron chi connectivity index (χ4n) is 2.20. The number of rotatable bonds is 3. The Balaban J connectivity index is 2.24. The Bertz CT molecular complexity index is 345. The van der Waals surface area contributed by atoms with Crippen LogP contribution in [-0.2, 0) is 16.6 Å². The largest absolute Gasteiger partial charge is 0.381 e. The van der Waals surface area contributed by atoms with Crippen LogP contribution in [0.25, 0.3) is 0 Å². The van der Waals surface area contributed by atoms with Crippen LogP contribution in [0, 0.1) is 0 Å². The molecule has 0 amide bonds. The molecule has 2 heterocycles. The molecule has 2 N–H and O–H groups in total. The number of ether oxygens (including phenoxy) is 1. The minimum atomic E-state index is -0.105. The molecule has 0 bridgehead atoms. The maximum absolute atomic E-state index is 5.36. The lowest BCUT2D eigenvalue weighted by molar-refractivity contribution is 0.0624. The van der Waals surface area contributed by atoms with E-state index in [1.165, 1.54) is 0 Å². The van der Waals surface area contributed by atoms with Crippen LogP contribution in [0.15, 0.2) is 6.20 Å². The summed E-state index contributed by atoms with van der Waals surface area (Å²) >= 11 is 0. The zero-order valence-electron chi connectivity index (χ0n) is 9.85. The van der Waals surface area contributed by atoms with Crippen LogP contribution in [0.4, 0.5) is 0 Å². The van der Waals surface area contributed by atoms with Gasteiger partial charge in [-0.25, -0.2) is 5.90 Å². The molecule has 0 radical (unpaired) electrons. The molecule has 1 saturated heterocycles. The standard InChI is InChI=1S/C11H19N3O2/c1-8(16-12)10-7-14(2)13-11(10)9-3-5-15-6-4-9/h7-9H,3-6,12H2,1-2H3. The highest BCUT2D eigenvalue weighted by Gasteiger charge is 2.24. The molecule has 0 aromatic carbocycles. The molecule has 0 spiro atoms. The highest BCUT2D eigenvalue weighted by atomic mass is 16.6. The predicted molar refractivity (Wildman–Crippen MR) is 59.7 cm³/mol. The first-order chi connectivity index (χ1) is 7.72. The molecule has 0 aliphatic carbocycles. The van der Waals surface area contributed by atoms with Gasteiger partial charge in [0.05, 0.1) is 5.69 Å². The molecule has 1 fully saturated rings. The molecular formula is C11H19N3O2. The van der Waals surface area contributed by atoms with Gasteiger partial charge in [-0.3, -0.25) is 9.52 Å². The number of aromatic nitrogens is 2. The molecule has 1 aromatic heterocycles. The van der Waals surface area contributed by atoms with E-state index in [0.29, 0.717) is 5.92 Å². The fraction of sp³-hybridized carbons (Fsp3) is 0.727. The summed E-state index contributed by atoms with van der Waals surface area (Å²) in [6, 6.07) is 0. The van der Waals surface area contributed by atoms with Gasteiger partial charge in [-0.1, -0.05) is 0 Å². The van der Waals surface area contributed by atoms with Crippen molar-refractivity contribution in [2.45, 2.75) is 31.8 Å². The van der Waals surface area contributed by atoms with E-state index >= 15 is 0 Å². The van der Waals surface area contributed by atoms with Gasteiger partial charge >= 0.3 is 0 Å². The van der Waals surface area contributed by atoms with E-state index in [-0.39, 0.29) is 6.10 Å². The zero-order valence-corrected chi connectivity index (χ0v) is 9.85. The normalized spacial score (nSPS) is 19.9. The molecule has 1 aromatic rings. The Labute approximate surface area is 95.5 Å². The molecule has 90 valence electrons. The number of aryl methyl sites for hydroxylation is 1. The van der Waals surface area contributed by atoms with Crippen molar-refractivity contribution >= 4 is 0 Å². The van der Waals surface area contributed by atoms with Crippen molar-refractivity contribution in [2.75, 3.05) is 13.2 Å². The summed E-state index contributed by atoms with van der Waals surface area (Å²) in [7, 11) is 1.93. The van der Waals surface area contributed by atoms with Gasteiger partial charge in [0.25, 0.3) is 0 Å². The van der Waals surface area contributed by atoms with Gasteiger partial charge in [-0.2, -0.15) is 5.10 Å². The highest BCUT2D eigenvalue weighted by Crippen LogP contribution is 2.31. The third-order valence-electron chi connectivity index (χ3n) is 3.14. The molecule has 1 aliphatic rings. The lowest BCUT2D eigenvalue weighted by Gasteiger charge is -2.22. The first-order valence-electron chi connectivity index (χ1n) is 5.69. The van der Waals surface area contributed by atoms with Crippen molar-refractivity contribution in [1.82, 2.24) is 9.78 Å². The summed E-state index contributed by atoms with van der Waals surface area (Å²) in [5.41, 5.74) is 2.21. The van der Waals surface area contributed by atoms with Crippen molar-refractivity contribution in [2.24, 2.45) is 12.9 Å². The summed E-state index contributed by atoms with van der Waals surface area (Å²) in [6.07, 6.45) is 3.94. The topological polar surface area (TPSA) is 62.3 Å². The SMILES string of the molecule is CC(ON)c1cn(C)nc1C1CCOCC1. The minimum absolute atomic E-state index is 0.105. The lowest BCUT2D eigenvalue weighted by atomic mass is 9.93.